The van der Waals surface area contributed by atoms with E-state index in [-0.39, 0.29) is 13.2 Å². The number of hydrogen-bond acceptors (Lipinski definition) is 7. The van der Waals surface area contributed by atoms with E-state index in [4.69, 9.17) is 9.47 Å². The summed E-state index contributed by atoms with van der Waals surface area (Å²) in [5, 5.41) is 21.5. The number of fused-ring (bicyclic) bond motifs is 1. The predicted octanol–water partition coefficient (Wildman–Crippen LogP) is 0.377. The highest BCUT2D eigenvalue weighted by molar-refractivity contribution is 5.89. The zero-order valence-electron chi connectivity index (χ0n) is 17.8. The molecule has 2 atom stereocenters. The number of hydrogen-bond donors (Lipinski definition) is 2. The first-order valence-corrected chi connectivity index (χ1v) is 9.92. The van der Waals surface area contributed by atoms with Crippen molar-refractivity contribution in [3.63, 3.8) is 0 Å². The number of nitrogens with zero attached hydrogens (tertiary/aromatic N) is 3. The lowest BCUT2D eigenvalue weighted by Crippen LogP contribution is -2.55. The fourth-order valence-electron chi connectivity index (χ4n) is 3.16. The first kappa shape index (κ1) is 23.0. The molecule has 2 N–H and O–H groups in total. The third-order valence-corrected chi connectivity index (χ3v) is 4.75. The van der Waals surface area contributed by atoms with E-state index in [0.29, 0.717) is 16.1 Å². The largest absolute Gasteiger partial charge is 0.490 e. The van der Waals surface area contributed by atoms with Crippen LogP contribution < -0.4 is 26.5 Å². The van der Waals surface area contributed by atoms with Gasteiger partial charge in [-0.3, -0.25) is 0 Å². The van der Waals surface area contributed by atoms with Gasteiger partial charge in [0.2, 0.25) is 0 Å². The molecule has 1 heterocycles. The van der Waals surface area contributed by atoms with Gasteiger partial charge in [0, 0.05) is 12.4 Å². The Morgan fingerprint density at radius 2 is 1.78 bits per heavy atom. The van der Waals surface area contributed by atoms with Crippen LogP contribution in [-0.2, 0) is 13.6 Å². The molecule has 2 unspecified atom stereocenters. The lowest BCUT2D eigenvalue weighted by molar-refractivity contribution is 0.0388. The van der Waals surface area contributed by atoms with Gasteiger partial charge in [-0.2, -0.15) is 0 Å². The summed E-state index contributed by atoms with van der Waals surface area (Å²) in [7, 11) is 1.22. The van der Waals surface area contributed by atoms with Crippen LogP contribution in [-0.4, -0.2) is 43.2 Å². The van der Waals surface area contributed by atoms with Gasteiger partial charge in [-0.15, -0.1) is 6.58 Å². The number of aromatic nitrogens is 3. The number of rotatable bonds is 9. The third-order valence-electron chi connectivity index (χ3n) is 4.75. The van der Waals surface area contributed by atoms with E-state index >= 15 is 0 Å². The second kappa shape index (κ2) is 9.67. The summed E-state index contributed by atoms with van der Waals surface area (Å²) in [5.74, 6) is 1.00. The van der Waals surface area contributed by atoms with Crippen molar-refractivity contribution in [2.24, 2.45) is 7.05 Å². The Labute approximate surface area is 182 Å². The van der Waals surface area contributed by atoms with E-state index in [9.17, 15) is 24.6 Å². The van der Waals surface area contributed by atoms with Crippen LogP contribution in [0.5, 0.6) is 11.5 Å². The fourth-order valence-corrected chi connectivity index (χ4v) is 3.16. The van der Waals surface area contributed by atoms with Crippen LogP contribution in [0.15, 0.2) is 63.4 Å². The maximum atomic E-state index is 12.5. The maximum absolute atomic E-state index is 12.5. The van der Waals surface area contributed by atoms with Gasteiger partial charge in [0.05, 0.1) is 12.6 Å². The van der Waals surface area contributed by atoms with Crippen LogP contribution in [0.1, 0.15) is 13.2 Å². The molecule has 0 aliphatic rings. The van der Waals surface area contributed by atoms with Crippen molar-refractivity contribution in [1.29, 1.82) is 0 Å². The van der Waals surface area contributed by atoms with E-state index in [0.717, 1.165) is 19.9 Å². The maximum Gasteiger partial charge on any atom is 0.338 e. The molecule has 0 saturated carbocycles. The average Bonchev–Trinajstić information content (AvgIpc) is 2.77. The number of aliphatic hydroxyl groups excluding tert-OH is 2. The van der Waals surface area contributed by atoms with Crippen molar-refractivity contribution in [2.75, 3.05) is 13.2 Å². The van der Waals surface area contributed by atoms with Crippen molar-refractivity contribution >= 4 is 10.8 Å². The van der Waals surface area contributed by atoms with Gasteiger partial charge in [-0.1, -0.05) is 18.2 Å². The van der Waals surface area contributed by atoms with Gasteiger partial charge in [0.15, 0.2) is 6.23 Å². The standard InChI is InChI=1S/C22H25N3O7/c1-4-10-24-20(28)23(3)21(29)25(22(24)30)19(27)13-31-16-8-9-17-15(11-16)6-5-7-18(17)32-12-14(2)26/h4-9,11,14,19,26-27H,1,10,12-13H2,2-3H3. The molecule has 10 heteroatoms. The molecule has 0 saturated heterocycles. The zero-order valence-corrected chi connectivity index (χ0v) is 17.8. The molecule has 0 aliphatic carbocycles. The minimum absolute atomic E-state index is 0.108. The van der Waals surface area contributed by atoms with E-state index < -0.39 is 36.0 Å². The molecule has 1 aromatic heterocycles. The van der Waals surface area contributed by atoms with Gasteiger partial charge >= 0.3 is 17.1 Å². The van der Waals surface area contributed by atoms with Crippen molar-refractivity contribution in [2.45, 2.75) is 25.8 Å². The number of allylic oxidation sites excluding steroid dienone is 1. The Morgan fingerprint density at radius 1 is 1.03 bits per heavy atom. The smallest absolute Gasteiger partial charge is 0.338 e. The molecule has 0 spiro atoms. The van der Waals surface area contributed by atoms with Gasteiger partial charge in [0.25, 0.3) is 0 Å². The van der Waals surface area contributed by atoms with Crippen molar-refractivity contribution in [1.82, 2.24) is 13.7 Å². The zero-order chi connectivity index (χ0) is 23.4. The fraction of sp³-hybridized carbons (Fsp3) is 0.318. The summed E-state index contributed by atoms with van der Waals surface area (Å²) in [5.41, 5.74) is -2.70. The minimum atomic E-state index is -1.62. The molecule has 2 aromatic carbocycles. The number of ether oxygens (including phenoxy) is 2. The lowest BCUT2D eigenvalue weighted by Gasteiger charge is -2.17. The molecular formula is C22H25N3O7. The molecule has 10 nitrogen and oxygen atoms in total. The quantitative estimate of drug-likeness (QED) is 0.458. The van der Waals surface area contributed by atoms with E-state index in [1.807, 2.05) is 6.07 Å². The van der Waals surface area contributed by atoms with Crippen LogP contribution in [0.2, 0.25) is 0 Å². The normalized spacial score (nSPS) is 13.0. The van der Waals surface area contributed by atoms with Gasteiger partial charge in [0.1, 0.15) is 24.7 Å². The van der Waals surface area contributed by atoms with Crippen LogP contribution in [0, 0.1) is 0 Å². The molecule has 0 radical (unpaired) electrons. The highest BCUT2D eigenvalue weighted by atomic mass is 16.5. The third kappa shape index (κ3) is 4.66. The van der Waals surface area contributed by atoms with Crippen LogP contribution in [0.4, 0.5) is 0 Å². The molecule has 32 heavy (non-hydrogen) atoms. The number of benzene rings is 2. The highest BCUT2D eigenvalue weighted by Gasteiger charge is 2.19. The summed E-state index contributed by atoms with van der Waals surface area (Å²) in [6.07, 6.45) is -0.880. The second-order valence-electron chi connectivity index (χ2n) is 7.27. The summed E-state index contributed by atoms with van der Waals surface area (Å²) < 4.78 is 13.3. The molecule has 0 amide bonds. The molecule has 3 rings (SSSR count). The summed E-state index contributed by atoms with van der Waals surface area (Å²) >= 11 is 0. The van der Waals surface area contributed by atoms with Crippen molar-refractivity contribution in [3.8, 4) is 11.5 Å². The minimum Gasteiger partial charge on any atom is -0.490 e. The topological polar surface area (TPSA) is 125 Å². The molecule has 0 fully saturated rings. The Hall–Kier alpha value is -3.63. The molecular weight excluding hydrogens is 418 g/mol. The Bertz CT molecular complexity index is 1300. The SMILES string of the molecule is C=CCn1c(=O)n(C)c(=O)n(C(O)COc2ccc3c(OCC(C)O)cccc3c2)c1=O. The summed E-state index contributed by atoms with van der Waals surface area (Å²) in [6.45, 7) is 4.77. The number of aliphatic hydroxyl groups is 2. The van der Waals surface area contributed by atoms with Crippen LogP contribution in [0.3, 0.4) is 0 Å². The van der Waals surface area contributed by atoms with Crippen molar-refractivity contribution in [3.05, 3.63) is 80.5 Å². The molecule has 170 valence electrons. The Kier molecular flexibility index (Phi) is 6.96. The van der Waals surface area contributed by atoms with Gasteiger partial charge in [-0.05, 0) is 36.6 Å². The molecule has 0 bridgehead atoms. The lowest BCUT2D eigenvalue weighted by atomic mass is 10.1. The Morgan fingerprint density at radius 3 is 2.47 bits per heavy atom. The second-order valence-corrected chi connectivity index (χ2v) is 7.27. The summed E-state index contributed by atoms with van der Waals surface area (Å²) in [6, 6.07) is 10.6. The first-order valence-electron chi connectivity index (χ1n) is 9.92. The van der Waals surface area contributed by atoms with Crippen LogP contribution >= 0.6 is 0 Å². The predicted molar refractivity (Wildman–Crippen MR) is 118 cm³/mol. The average molecular weight is 443 g/mol. The first-order chi connectivity index (χ1) is 15.2. The van der Waals surface area contributed by atoms with Gasteiger partial charge in [-0.25, -0.2) is 28.1 Å². The molecule has 0 aliphatic heterocycles. The Balaban J connectivity index is 1.84. The summed E-state index contributed by atoms with van der Waals surface area (Å²) in [4.78, 5) is 37.0. The van der Waals surface area contributed by atoms with E-state index in [2.05, 4.69) is 6.58 Å². The van der Waals surface area contributed by atoms with E-state index in [1.165, 1.54) is 13.1 Å². The van der Waals surface area contributed by atoms with Crippen molar-refractivity contribution < 1.29 is 19.7 Å². The van der Waals surface area contributed by atoms with E-state index in [1.54, 1.807) is 37.3 Å². The monoisotopic (exact) mass is 443 g/mol. The molecule has 3 aromatic rings. The highest BCUT2D eigenvalue weighted by Crippen LogP contribution is 2.29. The van der Waals surface area contributed by atoms with Gasteiger partial charge < -0.3 is 19.7 Å². The van der Waals surface area contributed by atoms with Crippen LogP contribution in [0.25, 0.3) is 10.8 Å².